The van der Waals surface area contributed by atoms with E-state index in [9.17, 15) is 9.18 Å². The van der Waals surface area contributed by atoms with Gasteiger partial charge in [-0.25, -0.2) is 4.39 Å². The third-order valence-corrected chi connectivity index (χ3v) is 3.79. The Morgan fingerprint density at radius 1 is 1.42 bits per heavy atom. The first-order chi connectivity index (χ1) is 9.10. The molecule has 2 rings (SSSR count). The third kappa shape index (κ3) is 3.53. The summed E-state index contributed by atoms with van der Waals surface area (Å²) in [5.41, 5.74) is 1.14. The molecular weight excluding hydrogens is 245 g/mol. The van der Waals surface area contributed by atoms with Crippen molar-refractivity contribution in [3.8, 4) is 0 Å². The first kappa shape index (κ1) is 14.0. The van der Waals surface area contributed by atoms with Crippen LogP contribution in [0.2, 0.25) is 0 Å². The predicted molar refractivity (Wildman–Crippen MR) is 71.6 cm³/mol. The summed E-state index contributed by atoms with van der Waals surface area (Å²) in [6, 6.07) is 6.42. The van der Waals surface area contributed by atoms with E-state index in [4.69, 9.17) is 5.11 Å². The van der Waals surface area contributed by atoms with Gasteiger partial charge in [-0.2, -0.15) is 0 Å². The van der Waals surface area contributed by atoms with Gasteiger partial charge >= 0.3 is 5.97 Å². The maximum absolute atomic E-state index is 12.8. The van der Waals surface area contributed by atoms with Gasteiger partial charge < -0.3 is 10.4 Å². The van der Waals surface area contributed by atoms with E-state index in [1.165, 1.54) is 12.1 Å². The Balaban J connectivity index is 1.82. The van der Waals surface area contributed by atoms with Crippen LogP contribution in [0.5, 0.6) is 0 Å². The van der Waals surface area contributed by atoms with Crippen molar-refractivity contribution in [2.75, 3.05) is 0 Å². The van der Waals surface area contributed by atoms with E-state index >= 15 is 0 Å². The van der Waals surface area contributed by atoms with Gasteiger partial charge in [0.1, 0.15) is 11.9 Å². The third-order valence-electron chi connectivity index (χ3n) is 3.79. The fraction of sp³-hybridized carbons (Fsp3) is 0.533. The number of hydrogen-bond acceptors (Lipinski definition) is 2. The standard InChI is InChI=1S/C15H20FNO2/c1-2-3-14(15(18)19)17-13-8-11(9-13)10-4-6-12(16)7-5-10/h4-7,11,13-14,17H,2-3,8-9H2,1H3,(H,18,19). The van der Waals surface area contributed by atoms with E-state index in [1.54, 1.807) is 0 Å². The maximum atomic E-state index is 12.8. The molecule has 104 valence electrons. The number of rotatable bonds is 6. The summed E-state index contributed by atoms with van der Waals surface area (Å²) >= 11 is 0. The molecule has 0 radical (unpaired) electrons. The summed E-state index contributed by atoms with van der Waals surface area (Å²) in [6.45, 7) is 1.99. The number of carboxylic acids is 1. The van der Waals surface area contributed by atoms with Crippen LogP contribution in [-0.4, -0.2) is 23.2 Å². The van der Waals surface area contributed by atoms with E-state index in [0.29, 0.717) is 12.3 Å². The molecule has 0 saturated heterocycles. The normalized spacial score (nSPS) is 23.7. The van der Waals surface area contributed by atoms with Crippen LogP contribution < -0.4 is 5.32 Å². The van der Waals surface area contributed by atoms with Gasteiger partial charge in [-0.15, -0.1) is 0 Å². The Labute approximate surface area is 112 Å². The summed E-state index contributed by atoms with van der Waals surface area (Å²) < 4.78 is 12.8. The van der Waals surface area contributed by atoms with Crippen molar-refractivity contribution >= 4 is 5.97 Å². The molecule has 0 aliphatic heterocycles. The van der Waals surface area contributed by atoms with E-state index in [-0.39, 0.29) is 11.9 Å². The van der Waals surface area contributed by atoms with E-state index < -0.39 is 12.0 Å². The zero-order valence-corrected chi connectivity index (χ0v) is 11.1. The van der Waals surface area contributed by atoms with Crippen molar-refractivity contribution in [2.24, 2.45) is 0 Å². The first-order valence-corrected chi connectivity index (χ1v) is 6.84. The summed E-state index contributed by atoms with van der Waals surface area (Å²) in [6.07, 6.45) is 3.38. The Kier molecular flexibility index (Phi) is 4.53. The quantitative estimate of drug-likeness (QED) is 0.831. The second-order valence-corrected chi connectivity index (χ2v) is 5.26. The molecule has 1 aromatic rings. The maximum Gasteiger partial charge on any atom is 0.320 e. The highest BCUT2D eigenvalue weighted by atomic mass is 19.1. The van der Waals surface area contributed by atoms with Crippen LogP contribution in [-0.2, 0) is 4.79 Å². The second kappa shape index (κ2) is 6.15. The average Bonchev–Trinajstić information content (AvgIpc) is 2.33. The molecule has 1 fully saturated rings. The van der Waals surface area contributed by atoms with E-state index in [1.807, 2.05) is 19.1 Å². The number of halogens is 1. The molecule has 0 spiro atoms. The largest absolute Gasteiger partial charge is 0.480 e. The van der Waals surface area contributed by atoms with Crippen LogP contribution in [0, 0.1) is 5.82 Å². The lowest BCUT2D eigenvalue weighted by Gasteiger charge is -2.38. The highest BCUT2D eigenvalue weighted by molar-refractivity contribution is 5.73. The lowest BCUT2D eigenvalue weighted by molar-refractivity contribution is -0.140. The fourth-order valence-corrected chi connectivity index (χ4v) is 2.61. The lowest BCUT2D eigenvalue weighted by Crippen LogP contribution is -2.48. The topological polar surface area (TPSA) is 49.3 Å². The number of hydrogen-bond donors (Lipinski definition) is 2. The first-order valence-electron chi connectivity index (χ1n) is 6.84. The molecule has 4 heteroatoms. The molecule has 0 aromatic heterocycles. The van der Waals surface area contributed by atoms with Crippen LogP contribution in [0.25, 0.3) is 0 Å². The van der Waals surface area contributed by atoms with Crippen LogP contribution in [0.15, 0.2) is 24.3 Å². The molecule has 1 aliphatic rings. The Bertz CT molecular complexity index is 426. The monoisotopic (exact) mass is 265 g/mol. The smallest absolute Gasteiger partial charge is 0.320 e. The van der Waals surface area contributed by atoms with Crippen LogP contribution in [0.4, 0.5) is 4.39 Å². The van der Waals surface area contributed by atoms with Crippen molar-refractivity contribution in [1.82, 2.24) is 5.32 Å². The summed E-state index contributed by atoms with van der Waals surface area (Å²) in [7, 11) is 0. The number of benzene rings is 1. The molecule has 1 aliphatic carbocycles. The van der Waals surface area contributed by atoms with Crippen molar-refractivity contribution in [3.05, 3.63) is 35.6 Å². The van der Waals surface area contributed by atoms with Crippen LogP contribution in [0.3, 0.4) is 0 Å². The highest BCUT2D eigenvalue weighted by Gasteiger charge is 2.32. The molecule has 0 heterocycles. The zero-order chi connectivity index (χ0) is 13.8. The van der Waals surface area contributed by atoms with Gasteiger partial charge in [-0.1, -0.05) is 25.5 Å². The lowest BCUT2D eigenvalue weighted by atomic mass is 9.75. The van der Waals surface area contributed by atoms with Crippen LogP contribution >= 0.6 is 0 Å². The van der Waals surface area contributed by atoms with Crippen molar-refractivity contribution < 1.29 is 14.3 Å². The molecular formula is C15H20FNO2. The van der Waals surface area contributed by atoms with Crippen molar-refractivity contribution in [1.29, 1.82) is 0 Å². The van der Waals surface area contributed by atoms with E-state index in [2.05, 4.69) is 5.32 Å². The van der Waals surface area contributed by atoms with Gasteiger partial charge in [0.05, 0.1) is 0 Å². The molecule has 1 saturated carbocycles. The Morgan fingerprint density at radius 3 is 2.58 bits per heavy atom. The Morgan fingerprint density at radius 2 is 2.05 bits per heavy atom. The minimum absolute atomic E-state index is 0.216. The average molecular weight is 265 g/mol. The molecule has 1 aromatic carbocycles. The van der Waals surface area contributed by atoms with Gasteiger partial charge in [-0.3, -0.25) is 4.79 Å². The molecule has 1 atom stereocenters. The van der Waals surface area contributed by atoms with Gasteiger partial charge in [0, 0.05) is 6.04 Å². The molecule has 0 amide bonds. The van der Waals surface area contributed by atoms with Crippen molar-refractivity contribution in [2.45, 2.75) is 50.6 Å². The SMILES string of the molecule is CCCC(NC1CC(c2ccc(F)cc2)C1)C(=O)O. The highest BCUT2D eigenvalue weighted by Crippen LogP contribution is 2.37. The van der Waals surface area contributed by atoms with Gasteiger partial charge in [0.15, 0.2) is 0 Å². The number of aliphatic carboxylic acids is 1. The summed E-state index contributed by atoms with van der Waals surface area (Å²) in [5, 5.41) is 12.3. The minimum atomic E-state index is -0.771. The van der Waals surface area contributed by atoms with E-state index in [0.717, 1.165) is 24.8 Å². The summed E-state index contributed by atoms with van der Waals surface area (Å²) in [5.74, 6) is -0.562. The predicted octanol–water partition coefficient (Wildman–Crippen LogP) is 2.91. The molecule has 3 nitrogen and oxygen atoms in total. The van der Waals surface area contributed by atoms with Gasteiger partial charge in [0.2, 0.25) is 0 Å². The number of nitrogens with one attached hydrogen (secondary N) is 1. The molecule has 1 unspecified atom stereocenters. The van der Waals surface area contributed by atoms with Gasteiger partial charge in [-0.05, 0) is 42.9 Å². The molecule has 19 heavy (non-hydrogen) atoms. The number of carbonyl (C=O) groups is 1. The molecule has 2 N–H and O–H groups in total. The zero-order valence-electron chi connectivity index (χ0n) is 11.1. The number of carboxylic acid groups (broad SMARTS) is 1. The van der Waals surface area contributed by atoms with Crippen LogP contribution in [0.1, 0.15) is 44.1 Å². The Hall–Kier alpha value is -1.42. The van der Waals surface area contributed by atoms with Crippen molar-refractivity contribution in [3.63, 3.8) is 0 Å². The van der Waals surface area contributed by atoms with Gasteiger partial charge in [0.25, 0.3) is 0 Å². The molecule has 0 bridgehead atoms. The minimum Gasteiger partial charge on any atom is -0.480 e. The summed E-state index contributed by atoms with van der Waals surface area (Å²) in [4.78, 5) is 11.0. The second-order valence-electron chi connectivity index (χ2n) is 5.26. The fourth-order valence-electron chi connectivity index (χ4n) is 2.61.